The van der Waals surface area contributed by atoms with Crippen LogP contribution in [0.4, 0.5) is 4.79 Å². The maximum Gasteiger partial charge on any atom is 0.410 e. The summed E-state index contributed by atoms with van der Waals surface area (Å²) < 4.78 is 11.1. The van der Waals surface area contributed by atoms with Crippen LogP contribution in [0, 0.1) is 23.2 Å². The van der Waals surface area contributed by atoms with Crippen LogP contribution >= 0.6 is 0 Å². The summed E-state index contributed by atoms with van der Waals surface area (Å²) >= 11 is 0. The minimum absolute atomic E-state index is 0.0332. The number of piperidine rings is 1. The molecule has 0 aliphatic carbocycles. The SMILES string of the molecule is CC#CC(=O)NCC1CN(C(=O)OC(C)(C)C)CCC12CCOC2. The van der Waals surface area contributed by atoms with Crippen molar-refractivity contribution in [3.05, 3.63) is 0 Å². The third kappa shape index (κ3) is 4.64. The van der Waals surface area contributed by atoms with Gasteiger partial charge in [-0.25, -0.2) is 4.79 Å². The zero-order valence-electron chi connectivity index (χ0n) is 15.1. The fraction of sp³-hybridized carbons (Fsp3) is 0.778. The molecule has 0 aromatic rings. The second-order valence-electron chi connectivity index (χ2n) is 7.62. The number of carbonyl (C=O) groups is 2. The smallest absolute Gasteiger partial charge is 0.410 e. The van der Waals surface area contributed by atoms with Crippen molar-refractivity contribution < 1.29 is 19.1 Å². The lowest BCUT2D eigenvalue weighted by atomic mass is 9.69. The summed E-state index contributed by atoms with van der Waals surface area (Å²) in [5.41, 5.74) is -0.478. The van der Waals surface area contributed by atoms with Gasteiger partial charge in [0.2, 0.25) is 0 Å². The molecule has 134 valence electrons. The van der Waals surface area contributed by atoms with Gasteiger partial charge in [0.1, 0.15) is 5.60 Å². The Labute approximate surface area is 144 Å². The first-order valence-electron chi connectivity index (χ1n) is 8.52. The molecule has 6 nitrogen and oxygen atoms in total. The third-order valence-corrected chi connectivity index (χ3v) is 4.72. The minimum atomic E-state index is -0.511. The van der Waals surface area contributed by atoms with Crippen LogP contribution in [0.2, 0.25) is 0 Å². The standard InChI is InChI=1S/C18H28N2O4/c1-5-6-15(21)19-11-14-12-20(16(22)24-17(2,3)4)9-7-18(14)8-10-23-13-18/h14H,7-13H2,1-4H3,(H,19,21). The molecule has 2 heterocycles. The van der Waals surface area contributed by atoms with Crippen LogP contribution in [0.15, 0.2) is 0 Å². The molecule has 2 unspecified atom stereocenters. The van der Waals surface area contributed by atoms with Gasteiger partial charge in [0.05, 0.1) is 6.61 Å². The molecule has 2 fully saturated rings. The number of ether oxygens (including phenoxy) is 2. The van der Waals surface area contributed by atoms with Gasteiger partial charge in [0.25, 0.3) is 5.91 Å². The van der Waals surface area contributed by atoms with Crippen LogP contribution < -0.4 is 5.32 Å². The van der Waals surface area contributed by atoms with Crippen LogP contribution in [0.1, 0.15) is 40.5 Å². The summed E-state index contributed by atoms with van der Waals surface area (Å²) in [6, 6.07) is 0. The molecule has 24 heavy (non-hydrogen) atoms. The van der Waals surface area contributed by atoms with E-state index in [0.717, 1.165) is 19.4 Å². The van der Waals surface area contributed by atoms with Crippen LogP contribution in [-0.2, 0) is 14.3 Å². The highest BCUT2D eigenvalue weighted by atomic mass is 16.6. The Morgan fingerprint density at radius 1 is 1.38 bits per heavy atom. The van der Waals surface area contributed by atoms with E-state index in [1.807, 2.05) is 20.8 Å². The van der Waals surface area contributed by atoms with Crippen LogP contribution in [0.5, 0.6) is 0 Å². The molecule has 6 heteroatoms. The van der Waals surface area contributed by atoms with E-state index < -0.39 is 5.60 Å². The Bertz CT molecular complexity index is 535. The Morgan fingerprint density at radius 3 is 2.71 bits per heavy atom. The monoisotopic (exact) mass is 336 g/mol. The van der Waals surface area contributed by atoms with Gasteiger partial charge in [0, 0.05) is 37.6 Å². The average molecular weight is 336 g/mol. The topological polar surface area (TPSA) is 67.9 Å². The largest absolute Gasteiger partial charge is 0.444 e. The molecule has 2 rings (SSSR count). The fourth-order valence-electron chi connectivity index (χ4n) is 3.40. The molecule has 2 saturated heterocycles. The van der Waals surface area contributed by atoms with Crippen molar-refractivity contribution in [1.29, 1.82) is 0 Å². The summed E-state index contributed by atoms with van der Waals surface area (Å²) in [5, 5.41) is 2.87. The first kappa shape index (κ1) is 18.6. The lowest BCUT2D eigenvalue weighted by Gasteiger charge is -2.45. The Morgan fingerprint density at radius 2 is 2.12 bits per heavy atom. The molecule has 1 N–H and O–H groups in total. The van der Waals surface area contributed by atoms with Gasteiger partial charge in [-0.15, -0.1) is 0 Å². The van der Waals surface area contributed by atoms with Crippen LogP contribution in [0.25, 0.3) is 0 Å². The van der Waals surface area contributed by atoms with Crippen LogP contribution in [0.3, 0.4) is 0 Å². The van der Waals surface area contributed by atoms with Crippen molar-refractivity contribution in [2.75, 3.05) is 32.8 Å². The highest BCUT2D eigenvalue weighted by molar-refractivity contribution is 5.93. The van der Waals surface area contributed by atoms with Crippen molar-refractivity contribution in [2.24, 2.45) is 11.3 Å². The van der Waals surface area contributed by atoms with Crippen molar-refractivity contribution in [3.8, 4) is 11.8 Å². The second kappa shape index (κ2) is 7.43. The first-order valence-corrected chi connectivity index (χ1v) is 8.52. The molecule has 0 radical (unpaired) electrons. The maximum absolute atomic E-state index is 12.4. The molecular formula is C18H28N2O4. The first-order chi connectivity index (χ1) is 11.3. The van der Waals surface area contributed by atoms with Gasteiger partial charge in [0.15, 0.2) is 0 Å². The molecule has 2 aliphatic heterocycles. The van der Waals surface area contributed by atoms with Gasteiger partial charge in [-0.05, 0) is 46.5 Å². The highest BCUT2D eigenvalue weighted by Gasteiger charge is 2.47. The number of carbonyl (C=O) groups excluding carboxylic acids is 2. The van der Waals surface area contributed by atoms with Gasteiger partial charge < -0.3 is 19.7 Å². The molecule has 0 bridgehead atoms. The predicted octanol–water partition coefficient (Wildman–Crippen LogP) is 1.79. The van der Waals surface area contributed by atoms with Gasteiger partial charge >= 0.3 is 6.09 Å². The highest BCUT2D eigenvalue weighted by Crippen LogP contribution is 2.43. The zero-order valence-corrected chi connectivity index (χ0v) is 15.1. The summed E-state index contributed by atoms with van der Waals surface area (Å²) in [5.74, 6) is 4.96. The third-order valence-electron chi connectivity index (χ3n) is 4.72. The van der Waals surface area contributed by atoms with Crippen LogP contribution in [-0.4, -0.2) is 55.3 Å². The van der Waals surface area contributed by atoms with Gasteiger partial charge in [-0.2, -0.15) is 0 Å². The number of rotatable bonds is 2. The summed E-state index contributed by atoms with van der Waals surface area (Å²) in [4.78, 5) is 25.8. The maximum atomic E-state index is 12.4. The fourth-order valence-corrected chi connectivity index (χ4v) is 3.40. The average Bonchev–Trinajstić information content (AvgIpc) is 2.94. The summed E-state index contributed by atoms with van der Waals surface area (Å²) in [7, 11) is 0. The molecule has 2 amide bonds. The van der Waals surface area contributed by atoms with E-state index in [9.17, 15) is 9.59 Å². The van der Waals surface area contributed by atoms with Crippen molar-refractivity contribution in [1.82, 2.24) is 10.2 Å². The number of hydrogen-bond acceptors (Lipinski definition) is 4. The van der Waals surface area contributed by atoms with Gasteiger partial charge in [-0.1, -0.05) is 5.92 Å². The molecule has 0 saturated carbocycles. The summed E-state index contributed by atoms with van der Waals surface area (Å²) in [6.45, 7) is 10.4. The van der Waals surface area contributed by atoms with E-state index in [4.69, 9.17) is 9.47 Å². The number of likely N-dealkylation sites (tertiary alicyclic amines) is 1. The lowest BCUT2D eigenvalue weighted by molar-refractivity contribution is -0.116. The second-order valence-corrected chi connectivity index (χ2v) is 7.62. The van der Waals surface area contributed by atoms with E-state index in [-0.39, 0.29) is 23.3 Å². The number of nitrogens with zero attached hydrogens (tertiary/aromatic N) is 1. The van der Waals surface area contributed by atoms with E-state index >= 15 is 0 Å². The van der Waals surface area contributed by atoms with Crippen molar-refractivity contribution in [3.63, 3.8) is 0 Å². The van der Waals surface area contributed by atoms with Gasteiger partial charge in [-0.3, -0.25) is 4.79 Å². The van der Waals surface area contributed by atoms with Crippen molar-refractivity contribution in [2.45, 2.75) is 46.1 Å². The summed E-state index contributed by atoms with van der Waals surface area (Å²) in [6.07, 6.45) is 1.54. The molecule has 1 spiro atoms. The van der Waals surface area contributed by atoms with E-state index in [1.54, 1.807) is 11.8 Å². The number of amides is 2. The molecule has 0 aromatic carbocycles. The van der Waals surface area contributed by atoms with E-state index in [1.165, 1.54) is 0 Å². The molecule has 0 aromatic heterocycles. The Hall–Kier alpha value is -1.74. The normalized spacial score (nSPS) is 26.7. The van der Waals surface area contributed by atoms with Crippen molar-refractivity contribution >= 4 is 12.0 Å². The van der Waals surface area contributed by atoms with E-state index in [2.05, 4.69) is 17.2 Å². The Kier molecular flexibility index (Phi) is 5.76. The number of hydrogen-bond donors (Lipinski definition) is 1. The minimum Gasteiger partial charge on any atom is -0.444 e. The van der Waals surface area contributed by atoms with E-state index in [0.29, 0.717) is 26.2 Å². The number of nitrogens with one attached hydrogen (secondary N) is 1. The zero-order chi connectivity index (χ0) is 17.8. The predicted molar refractivity (Wildman–Crippen MR) is 90.2 cm³/mol. The molecule has 2 atom stereocenters. The quantitative estimate of drug-likeness (QED) is 0.781. The Balaban J connectivity index is 2.04. The molecular weight excluding hydrogens is 308 g/mol. The lowest BCUT2D eigenvalue weighted by Crippen LogP contribution is -2.54. The molecule has 2 aliphatic rings.